The summed E-state index contributed by atoms with van der Waals surface area (Å²) in [4.78, 5) is 19.7. The Balaban J connectivity index is 1.28. The lowest BCUT2D eigenvalue weighted by Gasteiger charge is -2.44. The average Bonchev–Trinajstić information content (AvgIpc) is 3.01. The van der Waals surface area contributed by atoms with Crippen LogP contribution >= 0.6 is 0 Å². The third kappa shape index (κ3) is 3.19. The molecule has 2 atom stereocenters. The number of fused-ring (bicyclic) bond motifs is 1. The number of carbonyl (C=O) groups is 1. The van der Waals surface area contributed by atoms with Crippen molar-refractivity contribution < 1.29 is 14.3 Å². The third-order valence-corrected chi connectivity index (χ3v) is 6.77. The Hall–Kier alpha value is -2.73. The Morgan fingerprint density at radius 2 is 1.60 bits per heavy atom. The van der Waals surface area contributed by atoms with Crippen LogP contribution in [0.15, 0.2) is 54.6 Å². The number of hydrogen-bond acceptors (Lipinski definition) is 5. The Morgan fingerprint density at radius 3 is 2.30 bits per heavy atom. The van der Waals surface area contributed by atoms with E-state index in [4.69, 9.17) is 9.47 Å². The van der Waals surface area contributed by atoms with E-state index in [2.05, 4.69) is 28.9 Å². The standard InChI is InChI=1S/C24H29N3O3/c1-18-22(30-21-11-7-6-10-20(21)29-18)16-26-14-12-24(13-15-26)23(28)25(2)17-27(24)19-8-4-3-5-9-19/h3-11,18,22H,12-17H2,1-2H3/t18-,22-/m1/s1. The molecule has 3 aliphatic heterocycles. The highest BCUT2D eigenvalue weighted by Crippen LogP contribution is 2.39. The lowest BCUT2D eigenvalue weighted by molar-refractivity contribution is -0.132. The number of likely N-dealkylation sites (N-methyl/N-ethyl adjacent to an activating group) is 1. The largest absolute Gasteiger partial charge is 0.483 e. The van der Waals surface area contributed by atoms with Gasteiger partial charge >= 0.3 is 0 Å². The van der Waals surface area contributed by atoms with E-state index >= 15 is 0 Å². The zero-order valence-corrected chi connectivity index (χ0v) is 17.7. The zero-order valence-electron chi connectivity index (χ0n) is 17.7. The maximum atomic E-state index is 13.2. The van der Waals surface area contributed by atoms with Crippen LogP contribution in [-0.2, 0) is 4.79 Å². The Kier molecular flexibility index (Phi) is 4.82. The predicted octanol–water partition coefficient (Wildman–Crippen LogP) is 2.99. The normalized spacial score (nSPS) is 25.7. The van der Waals surface area contributed by atoms with Gasteiger partial charge in [-0.25, -0.2) is 0 Å². The zero-order chi connectivity index (χ0) is 20.7. The van der Waals surface area contributed by atoms with Crippen molar-refractivity contribution in [2.45, 2.75) is 37.5 Å². The quantitative estimate of drug-likeness (QED) is 0.783. The average molecular weight is 408 g/mol. The summed E-state index contributed by atoms with van der Waals surface area (Å²) in [5.74, 6) is 1.87. The van der Waals surface area contributed by atoms with Crippen molar-refractivity contribution in [1.82, 2.24) is 9.80 Å². The number of carbonyl (C=O) groups excluding carboxylic acids is 1. The molecule has 2 aromatic rings. The second-order valence-electron chi connectivity index (χ2n) is 8.67. The molecule has 0 unspecified atom stereocenters. The molecule has 1 amide bonds. The summed E-state index contributed by atoms with van der Waals surface area (Å²) in [5, 5.41) is 0. The van der Waals surface area contributed by atoms with Crippen LogP contribution < -0.4 is 14.4 Å². The van der Waals surface area contributed by atoms with E-state index in [1.54, 1.807) is 0 Å². The van der Waals surface area contributed by atoms with E-state index in [1.807, 2.05) is 54.4 Å². The van der Waals surface area contributed by atoms with E-state index in [0.717, 1.165) is 49.7 Å². The van der Waals surface area contributed by atoms with Crippen molar-refractivity contribution in [3.8, 4) is 11.5 Å². The van der Waals surface area contributed by atoms with Crippen molar-refractivity contribution in [3.05, 3.63) is 54.6 Å². The van der Waals surface area contributed by atoms with Gasteiger partial charge in [-0.05, 0) is 44.0 Å². The van der Waals surface area contributed by atoms with Crippen LogP contribution in [-0.4, -0.2) is 66.8 Å². The van der Waals surface area contributed by atoms with Crippen LogP contribution in [0.1, 0.15) is 19.8 Å². The van der Waals surface area contributed by atoms with Gasteiger partial charge in [-0.2, -0.15) is 0 Å². The third-order valence-electron chi connectivity index (χ3n) is 6.77. The molecule has 0 N–H and O–H groups in total. The van der Waals surface area contributed by atoms with E-state index in [9.17, 15) is 4.79 Å². The highest BCUT2D eigenvalue weighted by Gasteiger charge is 2.52. The smallest absolute Gasteiger partial charge is 0.249 e. The topological polar surface area (TPSA) is 45.3 Å². The minimum Gasteiger partial charge on any atom is -0.483 e. The summed E-state index contributed by atoms with van der Waals surface area (Å²) in [6.07, 6.45) is 1.63. The number of likely N-dealkylation sites (tertiary alicyclic amines) is 1. The Labute approximate surface area is 178 Å². The lowest BCUT2D eigenvalue weighted by atomic mass is 9.85. The first kappa shape index (κ1) is 19.2. The van der Waals surface area contributed by atoms with Gasteiger partial charge in [0.15, 0.2) is 11.5 Å². The van der Waals surface area contributed by atoms with Gasteiger partial charge < -0.3 is 19.3 Å². The summed E-state index contributed by atoms with van der Waals surface area (Å²) < 4.78 is 12.3. The van der Waals surface area contributed by atoms with Gasteiger partial charge in [0.05, 0.1) is 6.67 Å². The molecule has 0 radical (unpaired) electrons. The number of amides is 1. The fourth-order valence-corrected chi connectivity index (χ4v) is 5.03. The molecule has 6 heteroatoms. The van der Waals surface area contributed by atoms with E-state index in [0.29, 0.717) is 6.67 Å². The number of ether oxygens (including phenoxy) is 2. The molecule has 158 valence electrons. The van der Waals surface area contributed by atoms with Crippen molar-refractivity contribution >= 4 is 11.6 Å². The maximum absolute atomic E-state index is 13.2. The minimum atomic E-state index is -0.436. The number of hydrogen-bond donors (Lipinski definition) is 0. The molecule has 30 heavy (non-hydrogen) atoms. The molecule has 2 saturated heterocycles. The lowest BCUT2D eigenvalue weighted by Crippen LogP contribution is -2.58. The number of piperidine rings is 1. The second kappa shape index (κ2) is 7.51. The van der Waals surface area contributed by atoms with E-state index in [-0.39, 0.29) is 18.1 Å². The highest BCUT2D eigenvalue weighted by atomic mass is 16.6. The molecule has 1 spiro atoms. The molecule has 3 aliphatic rings. The van der Waals surface area contributed by atoms with Crippen LogP contribution in [0.5, 0.6) is 11.5 Å². The first-order chi connectivity index (χ1) is 14.6. The van der Waals surface area contributed by atoms with Crippen molar-refractivity contribution in [2.75, 3.05) is 38.3 Å². The van der Waals surface area contributed by atoms with E-state index in [1.165, 1.54) is 0 Å². The van der Waals surface area contributed by atoms with Gasteiger partial charge in [0.2, 0.25) is 5.91 Å². The Bertz CT molecular complexity index is 911. The van der Waals surface area contributed by atoms with Gasteiger partial charge in [-0.3, -0.25) is 9.69 Å². The molecule has 6 nitrogen and oxygen atoms in total. The molecular weight excluding hydrogens is 378 g/mol. The second-order valence-corrected chi connectivity index (χ2v) is 8.67. The van der Waals surface area contributed by atoms with Gasteiger partial charge in [0.25, 0.3) is 0 Å². The SMILES string of the molecule is C[C@H]1Oc2ccccc2O[C@@H]1CN1CCC2(CC1)C(=O)N(C)CN2c1ccccc1. The van der Waals surface area contributed by atoms with Gasteiger partial charge in [0, 0.05) is 32.4 Å². The van der Waals surface area contributed by atoms with Crippen LogP contribution in [0.4, 0.5) is 5.69 Å². The predicted molar refractivity (Wildman–Crippen MR) is 116 cm³/mol. The van der Waals surface area contributed by atoms with Crippen LogP contribution in [0, 0.1) is 0 Å². The van der Waals surface area contributed by atoms with Gasteiger partial charge in [0.1, 0.15) is 17.7 Å². The molecule has 0 bridgehead atoms. The van der Waals surface area contributed by atoms with Crippen LogP contribution in [0.25, 0.3) is 0 Å². The molecular formula is C24H29N3O3. The summed E-state index contributed by atoms with van der Waals surface area (Å²) in [7, 11) is 1.91. The number of nitrogens with zero attached hydrogens (tertiary/aromatic N) is 3. The van der Waals surface area contributed by atoms with Gasteiger partial charge in [-0.15, -0.1) is 0 Å². The minimum absolute atomic E-state index is 0.00384. The van der Waals surface area contributed by atoms with Gasteiger partial charge in [-0.1, -0.05) is 30.3 Å². The molecule has 0 aliphatic carbocycles. The number of anilines is 1. The van der Waals surface area contributed by atoms with Crippen LogP contribution in [0.3, 0.4) is 0 Å². The summed E-state index contributed by atoms with van der Waals surface area (Å²) in [6.45, 7) is 5.27. The molecule has 5 rings (SSSR count). The van der Waals surface area contributed by atoms with Crippen LogP contribution in [0.2, 0.25) is 0 Å². The fourth-order valence-electron chi connectivity index (χ4n) is 5.03. The number of rotatable bonds is 3. The fraction of sp³-hybridized carbons (Fsp3) is 0.458. The molecule has 2 aromatic carbocycles. The number of para-hydroxylation sites is 3. The van der Waals surface area contributed by atoms with Crippen molar-refractivity contribution in [2.24, 2.45) is 0 Å². The number of benzene rings is 2. The Morgan fingerprint density at radius 1 is 0.967 bits per heavy atom. The molecule has 3 heterocycles. The monoisotopic (exact) mass is 407 g/mol. The molecule has 0 aromatic heterocycles. The highest BCUT2D eigenvalue weighted by molar-refractivity contribution is 5.93. The summed E-state index contributed by atoms with van der Waals surface area (Å²) >= 11 is 0. The summed E-state index contributed by atoms with van der Waals surface area (Å²) in [6, 6.07) is 18.2. The van der Waals surface area contributed by atoms with Crippen molar-refractivity contribution in [1.29, 1.82) is 0 Å². The molecule has 0 saturated carbocycles. The van der Waals surface area contributed by atoms with Crippen molar-refractivity contribution in [3.63, 3.8) is 0 Å². The maximum Gasteiger partial charge on any atom is 0.249 e. The summed E-state index contributed by atoms with van der Waals surface area (Å²) in [5.41, 5.74) is 0.687. The molecule has 2 fully saturated rings. The van der Waals surface area contributed by atoms with E-state index < -0.39 is 5.54 Å². The first-order valence-corrected chi connectivity index (χ1v) is 10.8. The first-order valence-electron chi connectivity index (χ1n) is 10.8.